The maximum atomic E-state index is 12.3. The van der Waals surface area contributed by atoms with Gasteiger partial charge in [0.15, 0.2) is 11.5 Å². The molecular weight excluding hydrogens is 394 g/mol. The van der Waals surface area contributed by atoms with Crippen molar-refractivity contribution in [3.63, 3.8) is 0 Å². The average molecular weight is 412 g/mol. The highest BCUT2D eigenvalue weighted by Gasteiger charge is 2.47. The van der Waals surface area contributed by atoms with E-state index < -0.39 is 5.72 Å². The van der Waals surface area contributed by atoms with Crippen molar-refractivity contribution in [3.05, 3.63) is 70.1 Å². The second-order valence-electron chi connectivity index (χ2n) is 6.51. The first-order valence-electron chi connectivity index (χ1n) is 8.35. The van der Waals surface area contributed by atoms with Gasteiger partial charge >= 0.3 is 0 Å². The molecule has 2 aliphatic rings. The maximum Gasteiger partial charge on any atom is 0.237 e. The number of halogens is 1. The third-order valence-electron chi connectivity index (χ3n) is 4.53. The third kappa shape index (κ3) is 2.63. The van der Waals surface area contributed by atoms with Crippen molar-refractivity contribution in [2.75, 3.05) is 5.32 Å². The first-order chi connectivity index (χ1) is 12.4. The molecule has 1 N–H and O–H groups in total. The topological polar surface area (TPSA) is 47.6 Å². The van der Waals surface area contributed by atoms with Gasteiger partial charge in [0.05, 0.1) is 10.2 Å². The molecule has 0 radical (unpaired) electrons. The smallest absolute Gasteiger partial charge is 0.237 e. The molecule has 0 bridgehead atoms. The number of nitrogens with one attached hydrogen (secondary N) is 1. The predicted octanol–water partition coefficient (Wildman–Crippen LogP) is 5.41. The van der Waals surface area contributed by atoms with E-state index in [9.17, 15) is 4.79 Å². The Bertz CT molecular complexity index is 978. The van der Waals surface area contributed by atoms with Gasteiger partial charge in [0, 0.05) is 6.08 Å². The number of ketones is 1. The van der Waals surface area contributed by atoms with Gasteiger partial charge < -0.3 is 14.8 Å². The van der Waals surface area contributed by atoms with Gasteiger partial charge in [-0.05, 0) is 60.0 Å². The van der Waals surface area contributed by atoms with Crippen LogP contribution in [0.3, 0.4) is 0 Å². The van der Waals surface area contributed by atoms with Gasteiger partial charge in [-0.1, -0.05) is 30.3 Å². The van der Waals surface area contributed by atoms with Crippen molar-refractivity contribution < 1.29 is 14.3 Å². The summed E-state index contributed by atoms with van der Waals surface area (Å²) in [7, 11) is 0. The lowest BCUT2D eigenvalue weighted by Crippen LogP contribution is -2.45. The Morgan fingerprint density at radius 3 is 2.54 bits per heavy atom. The predicted molar refractivity (Wildman–Crippen MR) is 105 cm³/mol. The van der Waals surface area contributed by atoms with Crippen LogP contribution in [0.15, 0.2) is 70.1 Å². The van der Waals surface area contributed by atoms with Gasteiger partial charge in [0.2, 0.25) is 5.72 Å². The lowest BCUT2D eigenvalue weighted by molar-refractivity contribution is -0.115. The molecule has 0 aromatic heterocycles. The molecule has 4 rings (SSSR count). The molecule has 1 spiro atoms. The lowest BCUT2D eigenvalue weighted by atomic mass is 9.95. The van der Waals surface area contributed by atoms with Crippen molar-refractivity contribution in [2.45, 2.75) is 26.5 Å². The second kappa shape index (κ2) is 6.02. The first-order valence-corrected chi connectivity index (χ1v) is 9.15. The Balaban J connectivity index is 1.83. The van der Waals surface area contributed by atoms with Crippen molar-refractivity contribution in [2.24, 2.45) is 0 Å². The molecule has 0 saturated heterocycles. The van der Waals surface area contributed by atoms with Crippen LogP contribution in [-0.4, -0.2) is 11.5 Å². The van der Waals surface area contributed by atoms with E-state index in [0.29, 0.717) is 22.8 Å². The maximum absolute atomic E-state index is 12.3. The van der Waals surface area contributed by atoms with Crippen LogP contribution in [0.4, 0.5) is 5.69 Å². The largest absolute Gasteiger partial charge is 0.466 e. The standard InChI is InChI=1S/C21H18BrNO3/c1-12-11-21(19(13(2)24)14(3)25-12)23-18-10-16(9-17(22)20(18)26-21)15-7-5-4-6-8-15/h4-11,23H,1-3H3/t21-/m1/s1. The zero-order chi connectivity index (χ0) is 18.5. The minimum atomic E-state index is -1.04. The van der Waals surface area contributed by atoms with Gasteiger partial charge in [-0.2, -0.15) is 0 Å². The average Bonchev–Trinajstić information content (AvgIpc) is 2.92. The number of Topliss-reactive ketones (excluding diaryl/α,β-unsaturated/α-hetero) is 1. The fourth-order valence-electron chi connectivity index (χ4n) is 3.60. The number of ether oxygens (including phenoxy) is 2. The van der Waals surface area contributed by atoms with Crippen LogP contribution in [0.5, 0.6) is 5.75 Å². The third-order valence-corrected chi connectivity index (χ3v) is 5.12. The summed E-state index contributed by atoms with van der Waals surface area (Å²) < 4.78 is 12.8. The molecule has 0 unspecified atom stereocenters. The Morgan fingerprint density at radius 1 is 1.12 bits per heavy atom. The highest BCUT2D eigenvalue weighted by Crippen LogP contribution is 2.49. The number of benzene rings is 2. The molecule has 2 aromatic rings. The van der Waals surface area contributed by atoms with Crippen molar-refractivity contribution in [1.82, 2.24) is 0 Å². The Labute approximate surface area is 160 Å². The molecule has 132 valence electrons. The van der Waals surface area contributed by atoms with Gasteiger partial charge in [-0.15, -0.1) is 0 Å². The summed E-state index contributed by atoms with van der Waals surface area (Å²) in [5.41, 5.74) is 2.43. The normalized spacial score (nSPS) is 20.8. The molecule has 0 amide bonds. The van der Waals surface area contributed by atoms with Crippen LogP contribution in [0.1, 0.15) is 20.8 Å². The highest BCUT2D eigenvalue weighted by molar-refractivity contribution is 9.10. The van der Waals surface area contributed by atoms with Crippen LogP contribution in [0.2, 0.25) is 0 Å². The van der Waals surface area contributed by atoms with Crippen LogP contribution in [0.25, 0.3) is 11.1 Å². The van der Waals surface area contributed by atoms with E-state index >= 15 is 0 Å². The van der Waals surface area contributed by atoms with Gasteiger partial charge in [-0.3, -0.25) is 4.79 Å². The second-order valence-corrected chi connectivity index (χ2v) is 7.36. The monoisotopic (exact) mass is 411 g/mol. The summed E-state index contributed by atoms with van der Waals surface area (Å²) >= 11 is 3.61. The molecule has 0 fully saturated rings. The Hall–Kier alpha value is -2.53. The fourth-order valence-corrected chi connectivity index (χ4v) is 4.15. The molecule has 1 atom stereocenters. The van der Waals surface area contributed by atoms with Gasteiger partial charge in [-0.25, -0.2) is 0 Å². The summed E-state index contributed by atoms with van der Waals surface area (Å²) in [4.78, 5) is 12.3. The van der Waals surface area contributed by atoms with E-state index in [1.165, 1.54) is 6.92 Å². The van der Waals surface area contributed by atoms with E-state index in [0.717, 1.165) is 21.3 Å². The van der Waals surface area contributed by atoms with E-state index in [2.05, 4.69) is 33.4 Å². The fraction of sp³-hybridized carbons (Fsp3) is 0.190. The number of anilines is 1. The molecule has 2 heterocycles. The van der Waals surface area contributed by atoms with E-state index in [1.54, 1.807) is 6.92 Å². The number of hydrogen-bond acceptors (Lipinski definition) is 4. The molecule has 2 aromatic carbocycles. The zero-order valence-electron chi connectivity index (χ0n) is 14.7. The van der Waals surface area contributed by atoms with Gasteiger partial charge in [0.1, 0.15) is 17.1 Å². The minimum Gasteiger partial charge on any atom is -0.466 e. The van der Waals surface area contributed by atoms with Crippen molar-refractivity contribution in [1.29, 1.82) is 0 Å². The van der Waals surface area contributed by atoms with E-state index in [4.69, 9.17) is 9.47 Å². The lowest BCUT2D eigenvalue weighted by Gasteiger charge is -2.32. The summed E-state index contributed by atoms with van der Waals surface area (Å²) in [6, 6.07) is 14.2. The number of carbonyl (C=O) groups excluding carboxylic acids is 1. The number of rotatable bonds is 2. The van der Waals surface area contributed by atoms with Crippen molar-refractivity contribution >= 4 is 27.4 Å². The summed E-state index contributed by atoms with van der Waals surface area (Å²) in [6.07, 6.45) is 1.81. The summed E-state index contributed by atoms with van der Waals surface area (Å²) in [5.74, 6) is 1.83. The molecular formula is C21H18BrNO3. The molecule has 2 aliphatic heterocycles. The number of allylic oxidation sites excluding steroid dienone is 2. The van der Waals surface area contributed by atoms with Crippen LogP contribution < -0.4 is 10.1 Å². The summed E-state index contributed by atoms with van der Waals surface area (Å²) in [6.45, 7) is 5.16. The van der Waals surface area contributed by atoms with Crippen LogP contribution >= 0.6 is 15.9 Å². The summed E-state index contributed by atoms with van der Waals surface area (Å²) in [5, 5.41) is 3.41. The van der Waals surface area contributed by atoms with Gasteiger partial charge in [0.25, 0.3) is 0 Å². The van der Waals surface area contributed by atoms with Crippen LogP contribution in [0, 0.1) is 0 Å². The quantitative estimate of drug-likeness (QED) is 0.716. The molecule has 4 nitrogen and oxygen atoms in total. The number of fused-ring (bicyclic) bond motifs is 1. The first kappa shape index (κ1) is 16.9. The SMILES string of the molecule is CC(=O)C1=C(C)OC(C)=C[C@]12Nc1cc(-c3ccccc3)cc(Br)c1O2. The highest BCUT2D eigenvalue weighted by atomic mass is 79.9. The zero-order valence-corrected chi connectivity index (χ0v) is 16.3. The van der Waals surface area contributed by atoms with Crippen molar-refractivity contribution in [3.8, 4) is 16.9 Å². The number of hydrogen-bond donors (Lipinski definition) is 1. The van der Waals surface area contributed by atoms with Crippen LogP contribution in [-0.2, 0) is 9.53 Å². The minimum absolute atomic E-state index is 0.0917. The molecule has 0 aliphatic carbocycles. The Morgan fingerprint density at radius 2 is 1.85 bits per heavy atom. The number of carbonyl (C=O) groups is 1. The van der Waals surface area contributed by atoms with E-state index in [1.807, 2.05) is 43.3 Å². The molecule has 5 heteroatoms. The molecule has 0 saturated carbocycles. The Kier molecular flexibility index (Phi) is 3.92. The van der Waals surface area contributed by atoms with E-state index in [-0.39, 0.29) is 5.78 Å². The molecule has 26 heavy (non-hydrogen) atoms.